The fraction of sp³-hybridized carbons (Fsp3) is 0. The highest BCUT2D eigenvalue weighted by Gasteiger charge is 2.13. The number of halogens is 2. The summed E-state index contributed by atoms with van der Waals surface area (Å²) in [6, 6.07) is 9.31. The molecular formula is C13H8ClFO2. The van der Waals surface area contributed by atoms with E-state index >= 15 is 0 Å². The minimum atomic E-state index is -0.420. The van der Waals surface area contributed by atoms with E-state index in [0.29, 0.717) is 10.6 Å². The van der Waals surface area contributed by atoms with Gasteiger partial charge in [-0.1, -0.05) is 11.6 Å². The van der Waals surface area contributed by atoms with E-state index in [9.17, 15) is 14.3 Å². The average Bonchev–Trinajstić information content (AvgIpc) is 2.32. The van der Waals surface area contributed by atoms with E-state index in [-0.39, 0.29) is 11.3 Å². The van der Waals surface area contributed by atoms with Crippen LogP contribution >= 0.6 is 11.6 Å². The molecule has 0 saturated heterocycles. The van der Waals surface area contributed by atoms with Crippen LogP contribution in [0, 0.1) is 5.82 Å². The van der Waals surface area contributed by atoms with E-state index in [1.165, 1.54) is 42.5 Å². The molecule has 2 aromatic rings. The van der Waals surface area contributed by atoms with Gasteiger partial charge in [0.15, 0.2) is 5.78 Å². The van der Waals surface area contributed by atoms with Gasteiger partial charge in [0, 0.05) is 10.6 Å². The molecule has 0 radical (unpaired) electrons. The van der Waals surface area contributed by atoms with Crippen molar-refractivity contribution in [1.82, 2.24) is 0 Å². The van der Waals surface area contributed by atoms with Gasteiger partial charge in [-0.05, 0) is 42.5 Å². The molecule has 4 heteroatoms. The zero-order valence-corrected chi connectivity index (χ0v) is 9.41. The number of carbonyl (C=O) groups excluding carboxylic acids is 1. The third kappa shape index (κ3) is 2.45. The number of carbonyl (C=O) groups is 1. The van der Waals surface area contributed by atoms with Crippen LogP contribution in [0.1, 0.15) is 15.9 Å². The van der Waals surface area contributed by atoms with Gasteiger partial charge in [-0.2, -0.15) is 0 Å². The van der Waals surface area contributed by atoms with Crippen molar-refractivity contribution in [2.45, 2.75) is 0 Å². The van der Waals surface area contributed by atoms with Crippen LogP contribution in [0.15, 0.2) is 42.5 Å². The van der Waals surface area contributed by atoms with Crippen LogP contribution in [0.5, 0.6) is 5.75 Å². The summed E-state index contributed by atoms with van der Waals surface area (Å²) in [4.78, 5) is 12.0. The lowest BCUT2D eigenvalue weighted by molar-refractivity contribution is 0.103. The number of phenolic OH excluding ortho intramolecular Hbond substituents is 1. The van der Waals surface area contributed by atoms with Crippen LogP contribution in [0.2, 0.25) is 5.02 Å². The third-order valence-corrected chi connectivity index (χ3v) is 2.54. The lowest BCUT2D eigenvalue weighted by atomic mass is 10.0. The maximum absolute atomic E-state index is 12.7. The number of hydrogen-bond acceptors (Lipinski definition) is 2. The van der Waals surface area contributed by atoms with Gasteiger partial charge >= 0.3 is 0 Å². The van der Waals surface area contributed by atoms with Gasteiger partial charge in [0.2, 0.25) is 0 Å². The second-order valence-electron chi connectivity index (χ2n) is 3.50. The molecule has 17 heavy (non-hydrogen) atoms. The average molecular weight is 251 g/mol. The maximum Gasteiger partial charge on any atom is 0.196 e. The number of ketones is 1. The van der Waals surface area contributed by atoms with E-state index < -0.39 is 11.6 Å². The Hall–Kier alpha value is -1.87. The Morgan fingerprint density at radius 1 is 1.12 bits per heavy atom. The van der Waals surface area contributed by atoms with E-state index in [1.54, 1.807) is 0 Å². The highest BCUT2D eigenvalue weighted by molar-refractivity contribution is 6.31. The molecule has 2 aromatic carbocycles. The van der Waals surface area contributed by atoms with Crippen LogP contribution in [0.3, 0.4) is 0 Å². The van der Waals surface area contributed by atoms with E-state index in [4.69, 9.17) is 11.6 Å². The summed E-state index contributed by atoms with van der Waals surface area (Å²) in [7, 11) is 0. The smallest absolute Gasteiger partial charge is 0.196 e. The summed E-state index contributed by atoms with van der Waals surface area (Å²) < 4.78 is 12.7. The largest absolute Gasteiger partial charge is 0.507 e. The summed E-state index contributed by atoms with van der Waals surface area (Å²) in [5.74, 6) is -0.967. The predicted molar refractivity (Wildman–Crippen MR) is 62.9 cm³/mol. The Labute approximate surface area is 102 Å². The normalized spacial score (nSPS) is 10.2. The van der Waals surface area contributed by atoms with Crippen LogP contribution in [-0.4, -0.2) is 10.9 Å². The SMILES string of the molecule is O=C(c1ccc(F)cc1)c1cc(Cl)ccc1O. The molecule has 0 heterocycles. The van der Waals surface area contributed by atoms with Crippen molar-refractivity contribution in [2.24, 2.45) is 0 Å². The highest BCUT2D eigenvalue weighted by atomic mass is 35.5. The Kier molecular flexibility index (Phi) is 3.11. The van der Waals surface area contributed by atoms with Crippen molar-refractivity contribution >= 4 is 17.4 Å². The molecule has 1 N–H and O–H groups in total. The van der Waals surface area contributed by atoms with Crippen molar-refractivity contribution in [1.29, 1.82) is 0 Å². The van der Waals surface area contributed by atoms with Crippen molar-refractivity contribution in [3.05, 3.63) is 64.4 Å². The molecule has 0 atom stereocenters. The van der Waals surface area contributed by atoms with Crippen molar-refractivity contribution in [3.8, 4) is 5.75 Å². The Morgan fingerprint density at radius 2 is 1.76 bits per heavy atom. The zero-order chi connectivity index (χ0) is 12.4. The molecule has 2 nitrogen and oxygen atoms in total. The molecule has 0 bridgehead atoms. The Morgan fingerprint density at radius 3 is 2.41 bits per heavy atom. The first kappa shape index (κ1) is 11.6. The minimum absolute atomic E-state index is 0.101. The summed E-state index contributed by atoms with van der Waals surface area (Å²) >= 11 is 5.75. The quantitative estimate of drug-likeness (QED) is 0.830. The molecule has 0 spiro atoms. The second-order valence-corrected chi connectivity index (χ2v) is 3.93. The Balaban J connectivity index is 2.43. The lowest BCUT2D eigenvalue weighted by Gasteiger charge is -2.04. The van der Waals surface area contributed by atoms with E-state index in [0.717, 1.165) is 0 Å². The summed E-state index contributed by atoms with van der Waals surface area (Å²) in [5.41, 5.74) is 0.396. The molecule has 0 aliphatic carbocycles. The molecule has 0 amide bonds. The number of phenols is 1. The van der Waals surface area contributed by atoms with Crippen molar-refractivity contribution < 1.29 is 14.3 Å². The standard InChI is InChI=1S/C13H8ClFO2/c14-9-3-6-12(16)11(7-9)13(17)8-1-4-10(15)5-2-8/h1-7,16H. The second kappa shape index (κ2) is 4.55. The number of hydrogen-bond donors (Lipinski definition) is 1. The third-order valence-electron chi connectivity index (χ3n) is 2.31. The van der Waals surface area contributed by atoms with Gasteiger partial charge in [0.05, 0.1) is 5.56 Å². The van der Waals surface area contributed by atoms with Gasteiger partial charge in [0.1, 0.15) is 11.6 Å². The molecule has 86 valence electrons. The van der Waals surface area contributed by atoms with Crippen LogP contribution in [-0.2, 0) is 0 Å². The highest BCUT2D eigenvalue weighted by Crippen LogP contribution is 2.24. The fourth-order valence-electron chi connectivity index (χ4n) is 1.45. The molecule has 0 fully saturated rings. The van der Waals surface area contributed by atoms with Crippen LogP contribution in [0.25, 0.3) is 0 Å². The number of aromatic hydroxyl groups is 1. The lowest BCUT2D eigenvalue weighted by Crippen LogP contribution is -2.01. The van der Waals surface area contributed by atoms with Gasteiger partial charge in [-0.15, -0.1) is 0 Å². The maximum atomic E-state index is 12.7. The molecule has 2 rings (SSSR count). The topological polar surface area (TPSA) is 37.3 Å². The first-order valence-electron chi connectivity index (χ1n) is 4.87. The van der Waals surface area contributed by atoms with Crippen molar-refractivity contribution in [2.75, 3.05) is 0 Å². The van der Waals surface area contributed by atoms with Gasteiger partial charge in [0.25, 0.3) is 0 Å². The first-order valence-corrected chi connectivity index (χ1v) is 5.24. The van der Waals surface area contributed by atoms with Gasteiger partial charge < -0.3 is 5.11 Å². The molecule has 0 aliphatic rings. The number of benzene rings is 2. The molecular weight excluding hydrogens is 243 g/mol. The number of rotatable bonds is 2. The summed E-state index contributed by atoms with van der Waals surface area (Å²) in [6.45, 7) is 0. The zero-order valence-electron chi connectivity index (χ0n) is 8.65. The van der Waals surface area contributed by atoms with Crippen molar-refractivity contribution in [3.63, 3.8) is 0 Å². The molecule has 0 unspecified atom stereocenters. The minimum Gasteiger partial charge on any atom is -0.507 e. The first-order chi connectivity index (χ1) is 8.08. The Bertz CT molecular complexity index is 564. The van der Waals surface area contributed by atoms with E-state index in [2.05, 4.69) is 0 Å². The van der Waals surface area contributed by atoms with Crippen LogP contribution in [0.4, 0.5) is 4.39 Å². The molecule has 0 saturated carbocycles. The monoisotopic (exact) mass is 250 g/mol. The molecule has 0 aromatic heterocycles. The summed E-state index contributed by atoms with van der Waals surface area (Å²) in [5, 5.41) is 9.92. The van der Waals surface area contributed by atoms with E-state index in [1.807, 2.05) is 0 Å². The van der Waals surface area contributed by atoms with Crippen LogP contribution < -0.4 is 0 Å². The predicted octanol–water partition coefficient (Wildman–Crippen LogP) is 3.42. The van der Waals surface area contributed by atoms with Gasteiger partial charge in [-0.25, -0.2) is 4.39 Å². The van der Waals surface area contributed by atoms with Gasteiger partial charge in [-0.3, -0.25) is 4.79 Å². The fourth-order valence-corrected chi connectivity index (χ4v) is 1.62. The summed E-state index contributed by atoms with van der Waals surface area (Å²) in [6.07, 6.45) is 0. The molecule has 0 aliphatic heterocycles.